The summed E-state index contributed by atoms with van der Waals surface area (Å²) in [5.41, 5.74) is 0.00162. The Morgan fingerprint density at radius 2 is 1.94 bits per heavy atom. The Kier molecular flexibility index (Phi) is 3.97. The lowest BCUT2D eigenvalue weighted by Gasteiger charge is -2.13. The first-order valence-corrected chi connectivity index (χ1v) is 6.28. The fourth-order valence-electron chi connectivity index (χ4n) is 2.01. The van der Waals surface area contributed by atoms with E-state index in [0.29, 0.717) is 5.76 Å². The lowest BCUT2D eigenvalue weighted by Crippen LogP contribution is -2.20. The van der Waals surface area contributed by atoms with E-state index in [0.717, 1.165) is 31.5 Å². The molecule has 0 radical (unpaired) electrons. The molecule has 0 spiro atoms. The molecule has 0 aliphatic carbocycles. The van der Waals surface area contributed by atoms with E-state index in [9.17, 15) is 8.78 Å². The minimum atomic E-state index is -0.525. The zero-order valence-electron chi connectivity index (χ0n) is 10.6. The van der Waals surface area contributed by atoms with Crippen LogP contribution >= 0.6 is 0 Å². The second-order valence-corrected chi connectivity index (χ2v) is 4.34. The van der Waals surface area contributed by atoms with Crippen LogP contribution in [0.5, 0.6) is 0 Å². The third-order valence-electron chi connectivity index (χ3n) is 2.99. The zero-order chi connectivity index (χ0) is 13.1. The molecule has 1 atom stereocenters. The van der Waals surface area contributed by atoms with E-state index >= 15 is 0 Å². The molecule has 0 bridgehead atoms. The minimum Gasteiger partial charge on any atom is -0.456 e. The Bertz CT molecular complexity index is 497. The second kappa shape index (κ2) is 5.48. The molecule has 98 valence electrons. The van der Waals surface area contributed by atoms with Crippen molar-refractivity contribution in [3.8, 4) is 0 Å². The molecule has 0 saturated heterocycles. The first kappa shape index (κ1) is 13.0. The van der Waals surface area contributed by atoms with Crippen LogP contribution in [0, 0.1) is 11.6 Å². The monoisotopic (exact) mass is 253 g/mol. The maximum absolute atomic E-state index is 13.6. The normalized spacial score (nSPS) is 13.1. The van der Waals surface area contributed by atoms with Gasteiger partial charge < -0.3 is 9.73 Å². The number of halogens is 2. The van der Waals surface area contributed by atoms with Gasteiger partial charge in [-0.1, -0.05) is 13.8 Å². The molecule has 4 heteroatoms. The summed E-state index contributed by atoms with van der Waals surface area (Å²) in [5.74, 6) is -0.389. The van der Waals surface area contributed by atoms with Gasteiger partial charge in [0.2, 0.25) is 0 Å². The number of fused-ring (bicyclic) bond motifs is 1. The molecule has 0 amide bonds. The van der Waals surface area contributed by atoms with Gasteiger partial charge in [0.05, 0.1) is 11.4 Å². The second-order valence-electron chi connectivity index (χ2n) is 4.34. The first-order chi connectivity index (χ1) is 8.67. The van der Waals surface area contributed by atoms with Crippen LogP contribution < -0.4 is 5.32 Å². The van der Waals surface area contributed by atoms with Crippen LogP contribution in [-0.4, -0.2) is 6.54 Å². The summed E-state index contributed by atoms with van der Waals surface area (Å²) in [4.78, 5) is 0. The molecule has 2 rings (SSSR count). The number of nitrogens with one attached hydrogen (secondary N) is 1. The van der Waals surface area contributed by atoms with Gasteiger partial charge in [-0.15, -0.1) is 0 Å². The lowest BCUT2D eigenvalue weighted by atomic mass is 10.1. The summed E-state index contributed by atoms with van der Waals surface area (Å²) in [6, 6.07) is 3.80. The summed E-state index contributed by atoms with van der Waals surface area (Å²) in [7, 11) is 0. The quantitative estimate of drug-likeness (QED) is 0.865. The molecule has 2 aromatic rings. The Morgan fingerprint density at radius 1 is 1.22 bits per heavy atom. The van der Waals surface area contributed by atoms with Crippen molar-refractivity contribution in [2.45, 2.75) is 32.7 Å². The van der Waals surface area contributed by atoms with E-state index in [2.05, 4.69) is 12.2 Å². The van der Waals surface area contributed by atoms with E-state index in [1.54, 1.807) is 6.07 Å². The van der Waals surface area contributed by atoms with Gasteiger partial charge in [-0.3, -0.25) is 0 Å². The number of rotatable bonds is 5. The van der Waals surface area contributed by atoms with Crippen molar-refractivity contribution in [3.05, 3.63) is 35.6 Å². The standard InChI is InChI=1S/C14H17F2NO/c1-3-7-17-12(4-2)13-8-9-10(15)5-6-11(16)14(9)18-13/h5-6,8,12,17H,3-4,7H2,1-2H3. The Morgan fingerprint density at radius 3 is 2.56 bits per heavy atom. The highest BCUT2D eigenvalue weighted by atomic mass is 19.1. The predicted octanol–water partition coefficient (Wildman–Crippen LogP) is 4.16. The highest BCUT2D eigenvalue weighted by molar-refractivity contribution is 5.79. The van der Waals surface area contributed by atoms with Crippen molar-refractivity contribution in [1.29, 1.82) is 0 Å². The van der Waals surface area contributed by atoms with E-state index in [4.69, 9.17) is 4.42 Å². The summed E-state index contributed by atoms with van der Waals surface area (Å²) < 4.78 is 32.5. The SMILES string of the molecule is CCCNC(CC)c1cc2c(F)ccc(F)c2o1. The molecular weight excluding hydrogens is 236 g/mol. The van der Waals surface area contributed by atoms with E-state index in [1.165, 1.54) is 0 Å². The number of benzene rings is 1. The van der Waals surface area contributed by atoms with Gasteiger partial charge in [-0.05, 0) is 37.6 Å². The summed E-state index contributed by atoms with van der Waals surface area (Å²) in [6.45, 7) is 4.92. The van der Waals surface area contributed by atoms with Crippen LogP contribution in [-0.2, 0) is 0 Å². The van der Waals surface area contributed by atoms with Gasteiger partial charge in [-0.25, -0.2) is 8.78 Å². The molecule has 1 aromatic heterocycles. The highest BCUT2D eigenvalue weighted by Gasteiger charge is 2.17. The van der Waals surface area contributed by atoms with Gasteiger partial charge in [0.1, 0.15) is 11.6 Å². The summed E-state index contributed by atoms with van der Waals surface area (Å²) >= 11 is 0. The van der Waals surface area contributed by atoms with E-state index in [-0.39, 0.29) is 17.0 Å². The van der Waals surface area contributed by atoms with Crippen LogP contribution in [0.15, 0.2) is 22.6 Å². The highest BCUT2D eigenvalue weighted by Crippen LogP contribution is 2.29. The van der Waals surface area contributed by atoms with Crippen molar-refractivity contribution < 1.29 is 13.2 Å². The van der Waals surface area contributed by atoms with Crippen LogP contribution in [0.3, 0.4) is 0 Å². The number of hydrogen-bond acceptors (Lipinski definition) is 2. The van der Waals surface area contributed by atoms with Crippen LogP contribution in [0.4, 0.5) is 8.78 Å². The van der Waals surface area contributed by atoms with E-state index < -0.39 is 11.6 Å². The molecule has 0 saturated carbocycles. The van der Waals surface area contributed by atoms with Crippen molar-refractivity contribution in [2.24, 2.45) is 0 Å². The molecule has 1 N–H and O–H groups in total. The molecule has 18 heavy (non-hydrogen) atoms. The first-order valence-electron chi connectivity index (χ1n) is 6.28. The van der Waals surface area contributed by atoms with Crippen molar-refractivity contribution in [2.75, 3.05) is 6.54 Å². The van der Waals surface area contributed by atoms with Crippen LogP contribution in [0.25, 0.3) is 11.0 Å². The predicted molar refractivity (Wildman–Crippen MR) is 67.5 cm³/mol. The van der Waals surface area contributed by atoms with Gasteiger partial charge in [0.15, 0.2) is 11.4 Å². The molecule has 0 aliphatic rings. The zero-order valence-corrected chi connectivity index (χ0v) is 10.6. The maximum Gasteiger partial charge on any atom is 0.172 e. The largest absolute Gasteiger partial charge is 0.456 e. The van der Waals surface area contributed by atoms with E-state index in [1.807, 2.05) is 6.92 Å². The average Bonchev–Trinajstić information content (AvgIpc) is 2.81. The Labute approximate surface area is 105 Å². The molecule has 1 aromatic carbocycles. The Hall–Kier alpha value is -1.42. The van der Waals surface area contributed by atoms with Crippen LogP contribution in [0.1, 0.15) is 38.5 Å². The molecule has 1 heterocycles. The third kappa shape index (κ3) is 2.38. The topological polar surface area (TPSA) is 25.2 Å². The average molecular weight is 253 g/mol. The molecule has 0 fully saturated rings. The fourth-order valence-corrected chi connectivity index (χ4v) is 2.01. The fraction of sp³-hybridized carbons (Fsp3) is 0.429. The smallest absolute Gasteiger partial charge is 0.172 e. The molecule has 0 aliphatic heterocycles. The van der Waals surface area contributed by atoms with Gasteiger partial charge >= 0.3 is 0 Å². The summed E-state index contributed by atoms with van der Waals surface area (Å²) in [6.07, 6.45) is 1.81. The molecule has 2 nitrogen and oxygen atoms in total. The number of hydrogen-bond donors (Lipinski definition) is 1. The Balaban J connectivity index is 2.39. The molecule has 1 unspecified atom stereocenters. The van der Waals surface area contributed by atoms with Gasteiger partial charge in [0.25, 0.3) is 0 Å². The van der Waals surface area contributed by atoms with Crippen molar-refractivity contribution >= 4 is 11.0 Å². The van der Waals surface area contributed by atoms with Crippen LogP contribution in [0.2, 0.25) is 0 Å². The number of furan rings is 1. The maximum atomic E-state index is 13.6. The van der Waals surface area contributed by atoms with Gasteiger partial charge in [0, 0.05) is 0 Å². The molecular formula is C14H17F2NO. The summed E-state index contributed by atoms with van der Waals surface area (Å²) in [5, 5.41) is 3.51. The van der Waals surface area contributed by atoms with Crippen molar-refractivity contribution in [1.82, 2.24) is 5.32 Å². The lowest BCUT2D eigenvalue weighted by molar-refractivity contribution is 0.415. The minimum absolute atomic E-state index is 0.00162. The third-order valence-corrected chi connectivity index (χ3v) is 2.99. The van der Waals surface area contributed by atoms with Crippen molar-refractivity contribution in [3.63, 3.8) is 0 Å². The van der Waals surface area contributed by atoms with Gasteiger partial charge in [-0.2, -0.15) is 0 Å².